The Morgan fingerprint density at radius 3 is 2.74 bits per heavy atom. The van der Waals surface area contributed by atoms with Crippen LogP contribution in [0, 0.1) is 11.8 Å². The minimum Gasteiger partial charge on any atom is -0.488 e. The zero-order valence-corrected chi connectivity index (χ0v) is 16.4. The summed E-state index contributed by atoms with van der Waals surface area (Å²) in [6.07, 6.45) is 1.13. The molecule has 1 aromatic heterocycles. The third-order valence-electron chi connectivity index (χ3n) is 5.07. The van der Waals surface area contributed by atoms with Crippen molar-refractivity contribution in [1.29, 1.82) is 0 Å². The van der Waals surface area contributed by atoms with E-state index in [1.165, 1.54) is 11.3 Å². The maximum atomic E-state index is 12.5. The van der Waals surface area contributed by atoms with Crippen LogP contribution in [-0.2, 0) is 16.1 Å². The molecule has 0 unspecified atom stereocenters. The fourth-order valence-corrected chi connectivity index (χ4v) is 5.05. The van der Waals surface area contributed by atoms with Crippen molar-refractivity contribution in [2.45, 2.75) is 26.9 Å². The summed E-state index contributed by atoms with van der Waals surface area (Å²) in [5.74, 6) is 1.24. The summed E-state index contributed by atoms with van der Waals surface area (Å²) >= 11 is 1.39. The summed E-state index contributed by atoms with van der Waals surface area (Å²) in [5.41, 5.74) is 1.98. The van der Waals surface area contributed by atoms with E-state index in [1.54, 1.807) is 0 Å². The Kier molecular flexibility index (Phi) is 4.91. The highest BCUT2D eigenvalue weighted by atomic mass is 32.1. The van der Waals surface area contributed by atoms with E-state index in [1.807, 2.05) is 35.2 Å². The second kappa shape index (κ2) is 7.35. The maximum absolute atomic E-state index is 12.5. The van der Waals surface area contributed by atoms with E-state index in [0.717, 1.165) is 41.3 Å². The van der Waals surface area contributed by atoms with Crippen LogP contribution in [0.5, 0.6) is 5.75 Å². The first-order valence-electron chi connectivity index (χ1n) is 9.31. The third-order valence-corrected chi connectivity index (χ3v) is 6.26. The lowest BCUT2D eigenvalue weighted by Crippen LogP contribution is -2.44. The van der Waals surface area contributed by atoms with Gasteiger partial charge in [0.2, 0.25) is 0 Å². The molecule has 2 aliphatic rings. The number of esters is 1. The molecule has 1 aromatic carbocycles. The number of piperidine rings is 1. The van der Waals surface area contributed by atoms with Crippen molar-refractivity contribution in [2.24, 2.45) is 11.8 Å². The van der Waals surface area contributed by atoms with Gasteiger partial charge in [0, 0.05) is 29.1 Å². The zero-order valence-electron chi connectivity index (χ0n) is 15.6. The van der Waals surface area contributed by atoms with Gasteiger partial charge in [-0.1, -0.05) is 26.0 Å². The van der Waals surface area contributed by atoms with Crippen molar-refractivity contribution < 1.29 is 19.1 Å². The summed E-state index contributed by atoms with van der Waals surface area (Å²) < 4.78 is 11.1. The van der Waals surface area contributed by atoms with Crippen molar-refractivity contribution >= 4 is 23.2 Å². The van der Waals surface area contributed by atoms with Gasteiger partial charge in [-0.15, -0.1) is 11.3 Å². The minimum absolute atomic E-state index is 0.114. The van der Waals surface area contributed by atoms with E-state index >= 15 is 0 Å². The fourth-order valence-electron chi connectivity index (χ4n) is 3.96. The van der Waals surface area contributed by atoms with Crippen molar-refractivity contribution in [2.75, 3.05) is 19.7 Å². The number of rotatable bonds is 3. The van der Waals surface area contributed by atoms with Crippen LogP contribution in [0.25, 0.3) is 10.4 Å². The average molecular weight is 385 g/mol. The molecule has 2 atom stereocenters. The van der Waals surface area contributed by atoms with E-state index in [-0.39, 0.29) is 12.5 Å². The molecule has 1 fully saturated rings. The van der Waals surface area contributed by atoms with Gasteiger partial charge in [-0.05, 0) is 36.5 Å². The first-order chi connectivity index (χ1) is 13.0. The lowest BCUT2D eigenvalue weighted by molar-refractivity contribution is -0.137. The lowest BCUT2D eigenvalue weighted by atomic mass is 9.92. The highest BCUT2D eigenvalue weighted by molar-refractivity contribution is 7.17. The normalized spacial score (nSPS) is 21.0. The number of fused-ring (bicyclic) bond motifs is 3. The number of nitrogens with zero attached hydrogens (tertiary/aromatic N) is 1. The number of hydrogen-bond donors (Lipinski definition) is 0. The smallest absolute Gasteiger partial charge is 0.348 e. The monoisotopic (exact) mass is 385 g/mol. The van der Waals surface area contributed by atoms with Gasteiger partial charge in [0.1, 0.15) is 17.2 Å². The summed E-state index contributed by atoms with van der Waals surface area (Å²) in [4.78, 5) is 28.2. The van der Waals surface area contributed by atoms with Crippen LogP contribution in [0.3, 0.4) is 0 Å². The van der Waals surface area contributed by atoms with Gasteiger partial charge >= 0.3 is 5.97 Å². The highest BCUT2D eigenvalue weighted by Crippen LogP contribution is 2.42. The molecule has 27 heavy (non-hydrogen) atoms. The van der Waals surface area contributed by atoms with Crippen LogP contribution >= 0.6 is 11.3 Å². The number of amides is 1. The van der Waals surface area contributed by atoms with Crippen LogP contribution in [0.1, 0.15) is 35.5 Å². The number of thiophene rings is 1. The van der Waals surface area contributed by atoms with Crippen LogP contribution in [0.2, 0.25) is 0 Å². The molecule has 0 N–H and O–H groups in total. The zero-order chi connectivity index (χ0) is 19.0. The minimum atomic E-state index is -0.446. The fraction of sp³-hybridized carbons (Fsp3) is 0.429. The molecule has 0 bridgehead atoms. The van der Waals surface area contributed by atoms with E-state index in [9.17, 15) is 9.59 Å². The summed E-state index contributed by atoms with van der Waals surface area (Å²) in [6.45, 7) is 6.02. The molecule has 0 spiro atoms. The largest absolute Gasteiger partial charge is 0.488 e. The molecule has 5 nitrogen and oxygen atoms in total. The summed E-state index contributed by atoms with van der Waals surface area (Å²) in [7, 11) is 0. The number of carbonyl (C=O) groups is 2. The first kappa shape index (κ1) is 18.0. The molecular weight excluding hydrogens is 362 g/mol. The Hall–Kier alpha value is -2.34. The molecule has 142 valence electrons. The molecule has 6 heteroatoms. The quantitative estimate of drug-likeness (QED) is 0.750. The molecule has 2 aromatic rings. The maximum Gasteiger partial charge on any atom is 0.348 e. The first-order valence-corrected chi connectivity index (χ1v) is 10.1. The number of likely N-dealkylation sites (tertiary alicyclic amines) is 1. The van der Waals surface area contributed by atoms with Crippen LogP contribution in [0.15, 0.2) is 30.3 Å². The van der Waals surface area contributed by atoms with Crippen molar-refractivity contribution in [3.8, 4) is 16.2 Å². The van der Waals surface area contributed by atoms with Gasteiger partial charge in [0.15, 0.2) is 6.61 Å². The predicted molar refractivity (Wildman–Crippen MR) is 104 cm³/mol. The molecule has 0 saturated carbocycles. The molecule has 0 radical (unpaired) electrons. The van der Waals surface area contributed by atoms with Crippen molar-refractivity contribution in [3.63, 3.8) is 0 Å². The second-order valence-corrected chi connectivity index (χ2v) is 8.62. The SMILES string of the molecule is C[C@H]1C[C@H](C)CN(C(=O)COC(=O)c2cc3c(s2)-c2ccccc2OC3)C1. The molecule has 4 rings (SSSR count). The second-order valence-electron chi connectivity index (χ2n) is 7.57. The Morgan fingerprint density at radius 2 is 1.96 bits per heavy atom. The van der Waals surface area contributed by atoms with Crippen molar-refractivity contribution in [1.82, 2.24) is 4.90 Å². The lowest BCUT2D eigenvalue weighted by Gasteiger charge is -2.34. The molecular formula is C21H23NO4S. The van der Waals surface area contributed by atoms with E-state index < -0.39 is 5.97 Å². The number of hydrogen-bond acceptors (Lipinski definition) is 5. The Balaban J connectivity index is 1.41. The molecule has 1 saturated heterocycles. The van der Waals surface area contributed by atoms with E-state index in [4.69, 9.17) is 9.47 Å². The number of para-hydroxylation sites is 1. The standard InChI is InChI=1S/C21H23NO4S/c1-13-7-14(2)10-22(9-13)19(23)12-26-21(24)18-8-15-11-25-17-6-4-3-5-16(17)20(15)27-18/h3-6,8,13-14H,7,9-12H2,1-2H3/t13-,14-/m0/s1. The van der Waals surface area contributed by atoms with Gasteiger partial charge in [-0.2, -0.15) is 0 Å². The summed E-state index contributed by atoms with van der Waals surface area (Å²) in [6, 6.07) is 9.61. The average Bonchev–Trinajstić information content (AvgIpc) is 3.10. The Morgan fingerprint density at radius 1 is 1.22 bits per heavy atom. The van der Waals surface area contributed by atoms with Gasteiger partial charge in [-0.25, -0.2) is 4.79 Å². The molecule has 3 heterocycles. The predicted octanol–water partition coefficient (Wildman–Crippen LogP) is 3.97. The number of benzene rings is 1. The Labute approximate surface area is 162 Å². The van der Waals surface area contributed by atoms with Gasteiger partial charge in [0.25, 0.3) is 5.91 Å². The topological polar surface area (TPSA) is 55.8 Å². The van der Waals surface area contributed by atoms with Crippen molar-refractivity contribution in [3.05, 3.63) is 40.8 Å². The van der Waals surface area contributed by atoms with E-state index in [2.05, 4.69) is 13.8 Å². The van der Waals surface area contributed by atoms with E-state index in [0.29, 0.717) is 23.3 Å². The van der Waals surface area contributed by atoms with Gasteiger partial charge < -0.3 is 14.4 Å². The Bertz CT molecular complexity index is 865. The molecule has 1 amide bonds. The highest BCUT2D eigenvalue weighted by Gasteiger charge is 2.27. The van der Waals surface area contributed by atoms with Gasteiger partial charge in [-0.3, -0.25) is 4.79 Å². The van der Waals surface area contributed by atoms with Gasteiger partial charge in [0.05, 0.1) is 0 Å². The number of ether oxygens (including phenoxy) is 2. The van der Waals surface area contributed by atoms with Crippen LogP contribution in [0.4, 0.5) is 0 Å². The van der Waals surface area contributed by atoms with Crippen LogP contribution < -0.4 is 4.74 Å². The molecule has 0 aliphatic carbocycles. The van der Waals surface area contributed by atoms with Crippen LogP contribution in [-0.4, -0.2) is 36.5 Å². The molecule has 2 aliphatic heterocycles. The summed E-state index contributed by atoms with van der Waals surface area (Å²) in [5, 5.41) is 0. The third kappa shape index (κ3) is 3.72. The number of carbonyl (C=O) groups excluding carboxylic acids is 2.